The van der Waals surface area contributed by atoms with Gasteiger partial charge in [0.25, 0.3) is 0 Å². The smallest absolute Gasteiger partial charge is 0.181 e. The van der Waals surface area contributed by atoms with Crippen LogP contribution < -0.4 is 4.90 Å². The molecule has 3 aromatic heterocycles. The average Bonchev–Trinajstić information content (AvgIpc) is 3.80. The van der Waals surface area contributed by atoms with E-state index in [1.54, 1.807) is 0 Å². The lowest BCUT2D eigenvalue weighted by molar-refractivity contribution is 0.653. The third-order valence-corrected chi connectivity index (χ3v) is 9.39. The molecule has 0 N–H and O–H groups in total. The fourth-order valence-corrected chi connectivity index (χ4v) is 7.17. The minimum atomic E-state index is 0.801. The molecule has 0 atom stereocenters. The summed E-state index contributed by atoms with van der Waals surface area (Å²) in [7, 11) is 0. The highest BCUT2D eigenvalue weighted by atomic mass is 16.4. The zero-order chi connectivity index (χ0) is 31.6. The number of rotatable bonds is 5. The summed E-state index contributed by atoms with van der Waals surface area (Å²) < 4.78 is 14.8. The van der Waals surface area contributed by atoms with E-state index in [2.05, 4.69) is 155 Å². The van der Waals surface area contributed by atoms with Crippen LogP contribution >= 0.6 is 0 Å². The van der Waals surface area contributed by atoms with Gasteiger partial charge in [0.1, 0.15) is 11.2 Å². The maximum absolute atomic E-state index is 6.34. The second-order valence-corrected chi connectivity index (χ2v) is 12.2. The van der Waals surface area contributed by atoms with Gasteiger partial charge in [-0.2, -0.15) is 0 Å². The van der Waals surface area contributed by atoms with Crippen LogP contribution in [-0.2, 0) is 0 Å². The van der Waals surface area contributed by atoms with E-state index in [0.717, 1.165) is 67.0 Å². The molecule has 4 heteroatoms. The van der Waals surface area contributed by atoms with E-state index in [1.807, 2.05) is 24.3 Å². The van der Waals surface area contributed by atoms with Crippen molar-refractivity contribution < 1.29 is 8.83 Å². The van der Waals surface area contributed by atoms with Gasteiger partial charge in [-0.3, -0.25) is 0 Å². The van der Waals surface area contributed by atoms with E-state index in [4.69, 9.17) is 8.83 Å². The number of aromatic nitrogens is 1. The molecule has 0 saturated heterocycles. The summed E-state index contributed by atoms with van der Waals surface area (Å²) in [5.41, 5.74) is 12.3. The monoisotopic (exact) mass is 616 g/mol. The molecule has 0 aliphatic rings. The number of furan rings is 2. The summed E-state index contributed by atoms with van der Waals surface area (Å²) in [5.74, 6) is 0. The van der Waals surface area contributed by atoms with Crippen molar-refractivity contribution in [3.63, 3.8) is 0 Å². The Morgan fingerprint density at radius 2 is 0.958 bits per heavy atom. The van der Waals surface area contributed by atoms with Crippen LogP contribution in [0.3, 0.4) is 0 Å². The van der Waals surface area contributed by atoms with Crippen molar-refractivity contribution in [1.29, 1.82) is 0 Å². The first-order valence-corrected chi connectivity index (χ1v) is 16.2. The number of hydrogen-bond acceptors (Lipinski definition) is 3. The Labute approximate surface area is 276 Å². The molecule has 0 fully saturated rings. The van der Waals surface area contributed by atoms with Crippen LogP contribution in [-0.4, -0.2) is 4.57 Å². The third-order valence-electron chi connectivity index (χ3n) is 9.39. The van der Waals surface area contributed by atoms with E-state index in [0.29, 0.717) is 0 Å². The molecule has 0 aliphatic carbocycles. The lowest BCUT2D eigenvalue weighted by Crippen LogP contribution is -2.09. The number of benzene rings is 7. The fourth-order valence-electron chi connectivity index (χ4n) is 7.17. The molecule has 10 rings (SSSR count). The van der Waals surface area contributed by atoms with E-state index in [1.165, 1.54) is 21.8 Å². The fraction of sp³-hybridized carbons (Fsp3) is 0. The van der Waals surface area contributed by atoms with Crippen LogP contribution in [0.15, 0.2) is 179 Å². The molecule has 7 aromatic carbocycles. The standard InChI is InChI=1S/C44H28N2O2/c1-3-11-31(12-4-1)45(34-24-26-40-38(28-34)35-15-7-9-17-39(35)46(40)32-13-5-2-6-14-32)33-22-19-29(20-23-33)30-21-25-37-42(27-30)48-43-36-16-8-10-18-41(36)47-44(37)43/h1-28H. The van der Waals surface area contributed by atoms with Crippen molar-refractivity contribution in [3.8, 4) is 16.8 Å². The van der Waals surface area contributed by atoms with Crippen molar-refractivity contribution in [2.75, 3.05) is 4.90 Å². The summed E-state index contributed by atoms with van der Waals surface area (Å²) in [6.07, 6.45) is 0. The van der Waals surface area contributed by atoms with Crippen molar-refractivity contribution in [2.45, 2.75) is 0 Å². The van der Waals surface area contributed by atoms with Crippen LogP contribution in [0.1, 0.15) is 0 Å². The summed E-state index contributed by atoms with van der Waals surface area (Å²) in [5, 5.41) is 4.43. The highest BCUT2D eigenvalue weighted by Crippen LogP contribution is 2.41. The van der Waals surface area contributed by atoms with Gasteiger partial charge < -0.3 is 18.3 Å². The summed E-state index contributed by atoms with van der Waals surface area (Å²) in [6.45, 7) is 0. The van der Waals surface area contributed by atoms with Gasteiger partial charge in [-0.15, -0.1) is 0 Å². The molecule has 0 aliphatic heterocycles. The first kappa shape index (κ1) is 26.7. The van der Waals surface area contributed by atoms with Gasteiger partial charge in [0.15, 0.2) is 11.2 Å². The molecular weight excluding hydrogens is 588 g/mol. The predicted molar refractivity (Wildman–Crippen MR) is 198 cm³/mol. The second-order valence-electron chi connectivity index (χ2n) is 12.2. The van der Waals surface area contributed by atoms with E-state index in [9.17, 15) is 0 Å². The first-order chi connectivity index (χ1) is 23.8. The number of fused-ring (bicyclic) bond motifs is 8. The first-order valence-electron chi connectivity index (χ1n) is 16.2. The van der Waals surface area contributed by atoms with Crippen molar-refractivity contribution in [3.05, 3.63) is 170 Å². The van der Waals surface area contributed by atoms with Crippen LogP contribution in [0.5, 0.6) is 0 Å². The Balaban J connectivity index is 1.07. The van der Waals surface area contributed by atoms with Crippen molar-refractivity contribution in [2.24, 2.45) is 0 Å². The van der Waals surface area contributed by atoms with Crippen LogP contribution in [0, 0.1) is 0 Å². The molecule has 0 unspecified atom stereocenters. The molecule has 10 aromatic rings. The number of hydrogen-bond donors (Lipinski definition) is 0. The maximum atomic E-state index is 6.34. The lowest BCUT2D eigenvalue weighted by atomic mass is 10.0. The molecular formula is C44H28N2O2. The minimum Gasteiger partial charge on any atom is -0.452 e. The van der Waals surface area contributed by atoms with Gasteiger partial charge in [0, 0.05) is 33.5 Å². The van der Waals surface area contributed by atoms with Crippen LogP contribution in [0.25, 0.3) is 71.7 Å². The molecule has 48 heavy (non-hydrogen) atoms. The van der Waals surface area contributed by atoms with Crippen molar-refractivity contribution in [1.82, 2.24) is 4.57 Å². The molecule has 3 heterocycles. The summed E-state index contributed by atoms with van der Waals surface area (Å²) >= 11 is 0. The second kappa shape index (κ2) is 10.5. The van der Waals surface area contributed by atoms with Gasteiger partial charge in [-0.25, -0.2) is 0 Å². The van der Waals surface area contributed by atoms with Gasteiger partial charge in [0.05, 0.1) is 21.8 Å². The number of anilines is 3. The molecule has 4 nitrogen and oxygen atoms in total. The van der Waals surface area contributed by atoms with Crippen LogP contribution in [0.2, 0.25) is 0 Å². The van der Waals surface area contributed by atoms with E-state index < -0.39 is 0 Å². The Hall–Kier alpha value is -6.52. The van der Waals surface area contributed by atoms with Gasteiger partial charge in [-0.05, 0) is 96.1 Å². The Bertz CT molecular complexity index is 2770. The highest BCUT2D eigenvalue weighted by Gasteiger charge is 2.19. The number of nitrogens with zero attached hydrogens (tertiary/aromatic N) is 2. The normalized spacial score (nSPS) is 11.8. The molecule has 0 radical (unpaired) electrons. The van der Waals surface area contributed by atoms with E-state index in [-0.39, 0.29) is 0 Å². The molecule has 0 amide bonds. The van der Waals surface area contributed by atoms with Gasteiger partial charge >= 0.3 is 0 Å². The molecule has 226 valence electrons. The topological polar surface area (TPSA) is 34.5 Å². The third kappa shape index (κ3) is 4.10. The van der Waals surface area contributed by atoms with Crippen LogP contribution in [0.4, 0.5) is 17.1 Å². The zero-order valence-corrected chi connectivity index (χ0v) is 25.9. The largest absolute Gasteiger partial charge is 0.452 e. The average molecular weight is 617 g/mol. The Kier molecular flexibility index (Phi) is 5.84. The Morgan fingerprint density at radius 3 is 1.77 bits per heavy atom. The molecule has 0 spiro atoms. The van der Waals surface area contributed by atoms with E-state index >= 15 is 0 Å². The predicted octanol–water partition coefficient (Wildman–Crippen LogP) is 12.6. The SMILES string of the molecule is c1ccc(N(c2ccc(-c3ccc4c(c3)oc3c5ccccc5oc43)cc2)c2ccc3c(c2)c2ccccc2n3-c2ccccc2)cc1. The lowest BCUT2D eigenvalue weighted by Gasteiger charge is -2.26. The highest BCUT2D eigenvalue weighted by molar-refractivity contribution is 6.13. The minimum absolute atomic E-state index is 0.801. The Morgan fingerprint density at radius 1 is 0.375 bits per heavy atom. The molecule has 0 bridgehead atoms. The van der Waals surface area contributed by atoms with Gasteiger partial charge in [-0.1, -0.05) is 84.9 Å². The van der Waals surface area contributed by atoms with Crippen molar-refractivity contribution >= 4 is 72.0 Å². The maximum Gasteiger partial charge on any atom is 0.181 e. The molecule has 0 saturated carbocycles. The number of para-hydroxylation sites is 4. The zero-order valence-electron chi connectivity index (χ0n) is 25.9. The van der Waals surface area contributed by atoms with Gasteiger partial charge in [0.2, 0.25) is 0 Å². The quantitative estimate of drug-likeness (QED) is 0.193. The summed E-state index contributed by atoms with van der Waals surface area (Å²) in [6, 6.07) is 59.8. The summed E-state index contributed by atoms with van der Waals surface area (Å²) in [4.78, 5) is 2.33.